The molecule has 0 aliphatic heterocycles. The quantitative estimate of drug-likeness (QED) is 0.740. The number of nitrogens with zero attached hydrogens (tertiary/aromatic N) is 1. The lowest BCUT2D eigenvalue weighted by Gasteiger charge is -2.03. The molecule has 8 heteroatoms. The summed E-state index contributed by atoms with van der Waals surface area (Å²) in [5.41, 5.74) is 6.16. The highest BCUT2D eigenvalue weighted by Gasteiger charge is 2.34. The summed E-state index contributed by atoms with van der Waals surface area (Å²) in [4.78, 5) is 23.6. The molecule has 1 saturated carbocycles. The van der Waals surface area contributed by atoms with Gasteiger partial charge in [0.15, 0.2) is 10.9 Å². The Labute approximate surface area is 107 Å². The van der Waals surface area contributed by atoms with Gasteiger partial charge in [0.25, 0.3) is 0 Å². The molecule has 0 aromatic carbocycles. The SMILES string of the molecule is Nc1nc(-c2occc2P(=O)(O)O)c(C2CC2)s1. The van der Waals surface area contributed by atoms with Crippen LogP contribution in [0.3, 0.4) is 0 Å². The van der Waals surface area contributed by atoms with Crippen molar-refractivity contribution < 1.29 is 18.8 Å². The highest BCUT2D eigenvalue weighted by molar-refractivity contribution is 7.60. The molecule has 1 aliphatic carbocycles. The maximum atomic E-state index is 11.4. The van der Waals surface area contributed by atoms with Crippen LogP contribution in [0.4, 0.5) is 5.13 Å². The zero-order valence-electron chi connectivity index (χ0n) is 9.24. The Morgan fingerprint density at radius 2 is 2.22 bits per heavy atom. The maximum Gasteiger partial charge on any atom is 0.360 e. The monoisotopic (exact) mass is 286 g/mol. The third-order valence-corrected chi connectivity index (χ3v) is 4.82. The first-order valence-corrected chi connectivity index (χ1v) is 7.80. The Bertz CT molecular complexity index is 640. The van der Waals surface area contributed by atoms with Crippen molar-refractivity contribution in [3.05, 3.63) is 17.2 Å². The molecule has 0 unspecified atom stereocenters. The van der Waals surface area contributed by atoms with Crippen LogP contribution in [0.25, 0.3) is 11.5 Å². The van der Waals surface area contributed by atoms with Crippen molar-refractivity contribution in [1.82, 2.24) is 4.98 Å². The van der Waals surface area contributed by atoms with Crippen LogP contribution in [0.1, 0.15) is 23.6 Å². The predicted molar refractivity (Wildman–Crippen MR) is 67.9 cm³/mol. The van der Waals surface area contributed by atoms with Crippen LogP contribution < -0.4 is 11.0 Å². The average molecular weight is 286 g/mol. The molecule has 96 valence electrons. The second kappa shape index (κ2) is 3.93. The molecule has 0 spiro atoms. The van der Waals surface area contributed by atoms with Crippen LogP contribution in [0.5, 0.6) is 0 Å². The number of hydrogen-bond acceptors (Lipinski definition) is 5. The fraction of sp³-hybridized carbons (Fsp3) is 0.300. The number of aromatic nitrogens is 1. The van der Waals surface area contributed by atoms with Crippen LogP contribution in [0, 0.1) is 0 Å². The van der Waals surface area contributed by atoms with Crippen LogP contribution in [-0.2, 0) is 4.57 Å². The van der Waals surface area contributed by atoms with Crippen LogP contribution >= 0.6 is 18.9 Å². The molecule has 0 bridgehead atoms. The Kier molecular flexibility index (Phi) is 2.60. The first kappa shape index (κ1) is 11.9. The molecule has 0 atom stereocenters. The minimum atomic E-state index is -4.36. The highest BCUT2D eigenvalue weighted by atomic mass is 32.1. The average Bonchev–Trinajstić information content (AvgIpc) is 2.85. The molecular weight excluding hydrogens is 275 g/mol. The van der Waals surface area contributed by atoms with Gasteiger partial charge >= 0.3 is 7.60 Å². The van der Waals surface area contributed by atoms with Crippen molar-refractivity contribution >= 4 is 29.4 Å². The Morgan fingerprint density at radius 1 is 1.50 bits per heavy atom. The summed E-state index contributed by atoms with van der Waals surface area (Å²) in [6.45, 7) is 0. The largest absolute Gasteiger partial charge is 0.462 e. The summed E-state index contributed by atoms with van der Waals surface area (Å²) >= 11 is 1.36. The molecule has 0 radical (unpaired) electrons. The summed E-state index contributed by atoms with van der Waals surface area (Å²) in [5, 5.41) is 0.259. The third-order valence-electron chi connectivity index (χ3n) is 2.79. The second-order valence-electron chi connectivity index (χ2n) is 4.22. The summed E-state index contributed by atoms with van der Waals surface area (Å²) in [7, 11) is -4.36. The van der Waals surface area contributed by atoms with E-state index < -0.39 is 7.60 Å². The Hall–Kier alpha value is -1.14. The zero-order valence-corrected chi connectivity index (χ0v) is 10.9. The van der Waals surface area contributed by atoms with Crippen LogP contribution in [-0.4, -0.2) is 14.8 Å². The first-order valence-electron chi connectivity index (χ1n) is 5.37. The molecule has 0 amide bonds. The normalized spacial score (nSPS) is 16.1. The number of nitrogen functional groups attached to an aromatic ring is 1. The molecule has 2 heterocycles. The van der Waals surface area contributed by atoms with Crippen LogP contribution in [0.2, 0.25) is 0 Å². The van der Waals surface area contributed by atoms with Gasteiger partial charge < -0.3 is 19.9 Å². The topological polar surface area (TPSA) is 110 Å². The van der Waals surface area contributed by atoms with E-state index >= 15 is 0 Å². The molecule has 4 N–H and O–H groups in total. The fourth-order valence-corrected chi connectivity index (χ4v) is 3.52. The fourth-order valence-electron chi connectivity index (χ4n) is 1.84. The van der Waals surface area contributed by atoms with E-state index in [1.165, 1.54) is 23.7 Å². The van der Waals surface area contributed by atoms with Crippen molar-refractivity contribution in [2.45, 2.75) is 18.8 Å². The van der Waals surface area contributed by atoms with Crippen molar-refractivity contribution in [3.63, 3.8) is 0 Å². The molecule has 1 fully saturated rings. The van der Waals surface area contributed by atoms with E-state index in [0.717, 1.165) is 17.7 Å². The second-order valence-corrected chi connectivity index (χ2v) is 6.85. The van der Waals surface area contributed by atoms with Gasteiger partial charge in [0.1, 0.15) is 11.0 Å². The van der Waals surface area contributed by atoms with Gasteiger partial charge in [-0.1, -0.05) is 0 Å². The predicted octanol–water partition coefficient (Wildman–Crippen LogP) is 1.67. The smallest absolute Gasteiger partial charge is 0.360 e. The first-order chi connectivity index (χ1) is 8.47. The van der Waals surface area contributed by atoms with E-state index in [0.29, 0.717) is 16.7 Å². The zero-order chi connectivity index (χ0) is 12.9. The highest BCUT2D eigenvalue weighted by Crippen LogP contribution is 2.49. The third kappa shape index (κ3) is 1.99. The molecule has 0 saturated heterocycles. The molecule has 18 heavy (non-hydrogen) atoms. The van der Waals surface area contributed by atoms with Crippen molar-refractivity contribution in [2.75, 3.05) is 5.73 Å². The number of nitrogens with two attached hydrogens (primary N) is 1. The Morgan fingerprint density at radius 3 is 2.83 bits per heavy atom. The Balaban J connectivity index is 2.15. The molecule has 6 nitrogen and oxygen atoms in total. The number of rotatable bonds is 3. The van der Waals surface area contributed by atoms with E-state index in [1.54, 1.807) is 0 Å². The minimum Gasteiger partial charge on any atom is -0.462 e. The van der Waals surface area contributed by atoms with Gasteiger partial charge in [-0.25, -0.2) is 4.98 Å². The lowest BCUT2D eigenvalue weighted by molar-refractivity contribution is 0.387. The lowest BCUT2D eigenvalue weighted by Crippen LogP contribution is -2.04. The minimum absolute atomic E-state index is 0.130. The lowest BCUT2D eigenvalue weighted by atomic mass is 10.2. The van der Waals surface area contributed by atoms with Gasteiger partial charge in [0.2, 0.25) is 0 Å². The van der Waals surface area contributed by atoms with Crippen molar-refractivity contribution in [1.29, 1.82) is 0 Å². The number of hydrogen-bond donors (Lipinski definition) is 3. The summed E-state index contributed by atoms with van der Waals surface area (Å²) in [5.74, 6) is 0.530. The maximum absolute atomic E-state index is 11.4. The molecular formula is C10H11N2O4PS. The molecule has 1 aliphatic rings. The number of anilines is 1. The molecule has 2 aromatic rings. The van der Waals surface area contributed by atoms with Gasteiger partial charge in [-0.2, -0.15) is 0 Å². The van der Waals surface area contributed by atoms with Crippen molar-refractivity contribution in [3.8, 4) is 11.5 Å². The summed E-state index contributed by atoms with van der Waals surface area (Å²) in [6, 6.07) is 1.28. The van der Waals surface area contributed by atoms with E-state index in [2.05, 4.69) is 4.98 Å². The summed E-state index contributed by atoms with van der Waals surface area (Å²) < 4.78 is 16.6. The van der Waals surface area contributed by atoms with E-state index in [4.69, 9.17) is 10.2 Å². The number of thiazole rings is 1. The van der Waals surface area contributed by atoms with Gasteiger partial charge in [-0.05, 0) is 24.8 Å². The molecule has 2 aromatic heterocycles. The summed E-state index contributed by atoms with van der Waals surface area (Å²) in [6.07, 6.45) is 3.37. The van der Waals surface area contributed by atoms with Gasteiger partial charge in [-0.15, -0.1) is 11.3 Å². The van der Waals surface area contributed by atoms with E-state index in [9.17, 15) is 14.4 Å². The van der Waals surface area contributed by atoms with E-state index in [1.807, 2.05) is 0 Å². The van der Waals surface area contributed by atoms with Crippen molar-refractivity contribution in [2.24, 2.45) is 0 Å². The number of furan rings is 1. The van der Waals surface area contributed by atoms with E-state index in [-0.39, 0.29) is 11.1 Å². The van der Waals surface area contributed by atoms with Gasteiger partial charge in [0.05, 0.1) is 6.26 Å². The van der Waals surface area contributed by atoms with Crippen LogP contribution in [0.15, 0.2) is 16.7 Å². The van der Waals surface area contributed by atoms with Gasteiger partial charge in [-0.3, -0.25) is 4.57 Å². The van der Waals surface area contributed by atoms with Gasteiger partial charge in [0, 0.05) is 4.88 Å². The molecule has 3 rings (SSSR count). The standard InChI is InChI=1S/C10H11N2O4PS/c11-10-12-7(9(18-10)5-1-2-5)8-6(3-4-16-8)17(13,14)15/h3-5H,1-2H2,(H2,11,12)(H2,13,14,15).